The topological polar surface area (TPSA) is 31.7 Å². The van der Waals surface area contributed by atoms with Crippen molar-refractivity contribution in [1.29, 1.82) is 0 Å². The molecule has 1 fully saturated rings. The SMILES string of the molecule is CN1CCN(C[C@H]2c3ccccc3C(=O)N(CCc3ccccc3)[C@@H]2c2cccn2C)CC1. The molecule has 0 spiro atoms. The van der Waals surface area contributed by atoms with Crippen LogP contribution in [0.3, 0.4) is 0 Å². The summed E-state index contributed by atoms with van der Waals surface area (Å²) in [4.78, 5) is 21.0. The molecule has 0 N–H and O–H groups in total. The predicted octanol–water partition coefficient (Wildman–Crippen LogP) is 3.80. The van der Waals surface area contributed by atoms with Crippen molar-refractivity contribution in [3.05, 3.63) is 95.3 Å². The van der Waals surface area contributed by atoms with E-state index in [4.69, 9.17) is 0 Å². The maximum Gasteiger partial charge on any atom is 0.254 e. The van der Waals surface area contributed by atoms with Gasteiger partial charge in [0, 0.05) is 69.7 Å². The Balaban J connectivity index is 1.53. The summed E-state index contributed by atoms with van der Waals surface area (Å²) in [5.74, 6) is 0.397. The van der Waals surface area contributed by atoms with E-state index in [1.54, 1.807) is 0 Å². The van der Waals surface area contributed by atoms with Gasteiger partial charge in [0.25, 0.3) is 5.91 Å². The first-order valence-corrected chi connectivity index (χ1v) is 12.1. The molecule has 5 nitrogen and oxygen atoms in total. The highest BCUT2D eigenvalue weighted by Gasteiger charge is 2.42. The second kappa shape index (κ2) is 9.54. The Kier molecular flexibility index (Phi) is 6.34. The van der Waals surface area contributed by atoms with E-state index in [9.17, 15) is 4.79 Å². The van der Waals surface area contributed by atoms with E-state index < -0.39 is 0 Å². The Bertz CT molecular complexity index is 1080. The minimum Gasteiger partial charge on any atom is -0.353 e. The largest absolute Gasteiger partial charge is 0.353 e. The van der Waals surface area contributed by atoms with Crippen LogP contribution in [0, 0.1) is 0 Å². The molecule has 2 aliphatic heterocycles. The monoisotopic (exact) mass is 442 g/mol. The summed E-state index contributed by atoms with van der Waals surface area (Å²) >= 11 is 0. The molecule has 33 heavy (non-hydrogen) atoms. The summed E-state index contributed by atoms with van der Waals surface area (Å²) in [6.45, 7) is 6.03. The Hall–Kier alpha value is -2.89. The van der Waals surface area contributed by atoms with Gasteiger partial charge >= 0.3 is 0 Å². The van der Waals surface area contributed by atoms with Gasteiger partial charge < -0.3 is 19.3 Å². The lowest BCUT2D eigenvalue weighted by molar-refractivity contribution is 0.0548. The highest BCUT2D eigenvalue weighted by molar-refractivity contribution is 5.97. The third-order valence-electron chi connectivity index (χ3n) is 7.39. The highest BCUT2D eigenvalue weighted by Crippen LogP contribution is 2.43. The normalized spacial score (nSPS) is 21.9. The molecule has 1 amide bonds. The minimum absolute atomic E-state index is 0.0239. The van der Waals surface area contributed by atoms with Gasteiger partial charge in [0.15, 0.2) is 0 Å². The van der Waals surface area contributed by atoms with Crippen molar-refractivity contribution in [2.75, 3.05) is 46.3 Å². The zero-order chi connectivity index (χ0) is 22.8. The number of amides is 1. The van der Waals surface area contributed by atoms with Crippen LogP contribution >= 0.6 is 0 Å². The fraction of sp³-hybridized carbons (Fsp3) is 0.393. The molecule has 2 aliphatic rings. The average molecular weight is 443 g/mol. The van der Waals surface area contributed by atoms with Crippen molar-refractivity contribution in [2.24, 2.45) is 7.05 Å². The number of rotatable bonds is 6. The molecule has 2 aromatic carbocycles. The van der Waals surface area contributed by atoms with E-state index in [1.165, 1.54) is 16.8 Å². The van der Waals surface area contributed by atoms with Crippen molar-refractivity contribution in [1.82, 2.24) is 19.3 Å². The summed E-state index contributed by atoms with van der Waals surface area (Å²) in [6, 6.07) is 23.1. The van der Waals surface area contributed by atoms with Gasteiger partial charge in [-0.05, 0) is 42.8 Å². The van der Waals surface area contributed by atoms with E-state index >= 15 is 0 Å². The number of aromatic nitrogens is 1. The quantitative estimate of drug-likeness (QED) is 0.582. The molecule has 0 aliphatic carbocycles. The van der Waals surface area contributed by atoms with Crippen LogP contribution in [0.4, 0.5) is 0 Å². The number of benzene rings is 2. The van der Waals surface area contributed by atoms with Gasteiger partial charge in [-0.2, -0.15) is 0 Å². The Morgan fingerprint density at radius 3 is 2.30 bits per heavy atom. The third-order valence-corrected chi connectivity index (χ3v) is 7.39. The maximum absolute atomic E-state index is 13.8. The van der Waals surface area contributed by atoms with Gasteiger partial charge in [0.2, 0.25) is 0 Å². The van der Waals surface area contributed by atoms with E-state index in [-0.39, 0.29) is 17.9 Å². The van der Waals surface area contributed by atoms with Crippen LogP contribution in [0.5, 0.6) is 0 Å². The zero-order valence-electron chi connectivity index (χ0n) is 19.7. The second-order valence-electron chi connectivity index (χ2n) is 9.52. The summed E-state index contributed by atoms with van der Waals surface area (Å²) in [5.41, 5.74) is 4.55. The summed E-state index contributed by atoms with van der Waals surface area (Å²) in [7, 11) is 4.30. The number of fused-ring (bicyclic) bond motifs is 1. The van der Waals surface area contributed by atoms with Gasteiger partial charge in [0.05, 0.1) is 6.04 Å². The number of likely N-dealkylation sites (N-methyl/N-ethyl adjacent to an activating group) is 1. The van der Waals surface area contributed by atoms with E-state index in [2.05, 4.69) is 88.1 Å². The van der Waals surface area contributed by atoms with Crippen LogP contribution < -0.4 is 0 Å². The Labute approximate surface area is 197 Å². The molecule has 1 saturated heterocycles. The summed E-state index contributed by atoms with van der Waals surface area (Å²) in [6.07, 6.45) is 2.96. The fourth-order valence-electron chi connectivity index (χ4n) is 5.47. The van der Waals surface area contributed by atoms with Crippen molar-refractivity contribution >= 4 is 5.91 Å². The molecule has 5 rings (SSSR count). The van der Waals surface area contributed by atoms with Crippen molar-refractivity contribution in [3.8, 4) is 0 Å². The van der Waals surface area contributed by atoms with Crippen LogP contribution in [0.1, 0.15) is 39.1 Å². The number of nitrogens with zero attached hydrogens (tertiary/aromatic N) is 4. The number of carbonyl (C=O) groups is 1. The van der Waals surface area contributed by atoms with Crippen LogP contribution in [-0.2, 0) is 13.5 Å². The molecular weight excluding hydrogens is 408 g/mol. The molecule has 3 aromatic rings. The lowest BCUT2D eigenvalue weighted by Crippen LogP contribution is -2.50. The molecule has 0 radical (unpaired) electrons. The lowest BCUT2D eigenvalue weighted by atomic mass is 9.80. The molecule has 0 unspecified atom stereocenters. The van der Waals surface area contributed by atoms with Crippen LogP contribution in [0.2, 0.25) is 0 Å². The molecular formula is C28H34N4O. The maximum atomic E-state index is 13.8. The van der Waals surface area contributed by atoms with Gasteiger partial charge in [-0.25, -0.2) is 0 Å². The van der Waals surface area contributed by atoms with E-state index in [0.717, 1.165) is 44.7 Å². The van der Waals surface area contributed by atoms with Crippen molar-refractivity contribution < 1.29 is 4.79 Å². The fourth-order valence-corrected chi connectivity index (χ4v) is 5.47. The first-order chi connectivity index (χ1) is 16.1. The zero-order valence-corrected chi connectivity index (χ0v) is 19.7. The molecule has 5 heteroatoms. The summed E-state index contributed by atoms with van der Waals surface area (Å²) < 4.78 is 2.19. The second-order valence-corrected chi connectivity index (χ2v) is 9.52. The van der Waals surface area contributed by atoms with Crippen LogP contribution in [0.25, 0.3) is 0 Å². The number of carbonyl (C=O) groups excluding carboxylic acids is 1. The van der Waals surface area contributed by atoms with Crippen LogP contribution in [0.15, 0.2) is 72.9 Å². The number of hydrogen-bond acceptors (Lipinski definition) is 3. The van der Waals surface area contributed by atoms with Gasteiger partial charge in [-0.1, -0.05) is 48.5 Å². The molecule has 1 aromatic heterocycles. The van der Waals surface area contributed by atoms with E-state index in [1.807, 2.05) is 18.2 Å². The van der Waals surface area contributed by atoms with Gasteiger partial charge in [-0.3, -0.25) is 4.79 Å². The predicted molar refractivity (Wildman–Crippen MR) is 132 cm³/mol. The molecule has 0 bridgehead atoms. The highest BCUT2D eigenvalue weighted by atomic mass is 16.2. The third kappa shape index (κ3) is 4.48. The molecule has 2 atom stereocenters. The summed E-state index contributed by atoms with van der Waals surface area (Å²) in [5, 5.41) is 0. The average Bonchev–Trinajstić information content (AvgIpc) is 3.27. The Morgan fingerprint density at radius 2 is 1.58 bits per heavy atom. The minimum atomic E-state index is 0.0239. The molecule has 172 valence electrons. The Morgan fingerprint density at radius 1 is 0.848 bits per heavy atom. The molecule has 3 heterocycles. The van der Waals surface area contributed by atoms with Crippen molar-refractivity contribution in [3.63, 3.8) is 0 Å². The number of hydrogen-bond donors (Lipinski definition) is 0. The first-order valence-electron chi connectivity index (χ1n) is 12.1. The number of piperazine rings is 1. The van der Waals surface area contributed by atoms with Gasteiger partial charge in [0.1, 0.15) is 0 Å². The van der Waals surface area contributed by atoms with E-state index in [0.29, 0.717) is 6.54 Å². The van der Waals surface area contributed by atoms with Gasteiger partial charge in [-0.15, -0.1) is 0 Å². The smallest absolute Gasteiger partial charge is 0.254 e. The number of aryl methyl sites for hydroxylation is 1. The van der Waals surface area contributed by atoms with Crippen LogP contribution in [-0.4, -0.2) is 71.5 Å². The lowest BCUT2D eigenvalue weighted by Gasteiger charge is -2.45. The first kappa shape index (κ1) is 21.9. The molecule has 0 saturated carbocycles. The van der Waals surface area contributed by atoms with Crippen molar-refractivity contribution in [2.45, 2.75) is 18.4 Å². The standard InChI is InChI=1S/C28H34N4O/c1-29-17-19-31(20-18-29)21-25-23-11-6-7-12-24(23)28(33)32(16-14-22-9-4-3-5-10-22)27(25)26-13-8-15-30(26)2/h3-13,15,25,27H,14,16-21H2,1-2H3/t25-,27-/m0/s1.